The molecule has 0 saturated heterocycles. The van der Waals surface area contributed by atoms with E-state index in [1.807, 2.05) is 21.0 Å². The van der Waals surface area contributed by atoms with Gasteiger partial charge in [-0.1, -0.05) is 7.43 Å². The Labute approximate surface area is 82.4 Å². The van der Waals surface area contributed by atoms with Crippen molar-refractivity contribution in [3.8, 4) is 0 Å². The number of aliphatic hydroxyl groups excluding tert-OH is 2. The lowest BCUT2D eigenvalue weighted by atomic mass is 10.4. The van der Waals surface area contributed by atoms with Crippen molar-refractivity contribution in [2.75, 3.05) is 27.2 Å². The summed E-state index contributed by atoms with van der Waals surface area (Å²) >= 11 is 0. The van der Waals surface area contributed by atoms with E-state index >= 15 is 0 Å². The summed E-state index contributed by atoms with van der Waals surface area (Å²) in [4.78, 5) is 0. The molecule has 4 N–H and O–H groups in total. The van der Waals surface area contributed by atoms with Gasteiger partial charge in [-0.25, -0.2) is 0 Å². The molecule has 4 nitrogen and oxygen atoms in total. The van der Waals surface area contributed by atoms with E-state index in [4.69, 9.17) is 10.2 Å². The molecule has 0 aromatic rings. The van der Waals surface area contributed by atoms with Gasteiger partial charge in [0.15, 0.2) is 0 Å². The summed E-state index contributed by atoms with van der Waals surface area (Å²) in [7, 11) is 3.63. The van der Waals surface area contributed by atoms with Crippen LogP contribution in [0.5, 0.6) is 0 Å². The predicted molar refractivity (Wildman–Crippen MR) is 57.9 cm³/mol. The van der Waals surface area contributed by atoms with Crippen molar-refractivity contribution in [2.45, 2.75) is 33.4 Å². The normalized spacial score (nSPS) is 13.4. The zero-order chi connectivity index (χ0) is 9.98. The quantitative estimate of drug-likeness (QED) is 0.501. The van der Waals surface area contributed by atoms with Gasteiger partial charge in [0, 0.05) is 12.6 Å². The first-order valence-electron chi connectivity index (χ1n) is 4.19. The summed E-state index contributed by atoms with van der Waals surface area (Å²) in [6.07, 6.45) is -0.213. The van der Waals surface area contributed by atoms with E-state index in [1.54, 1.807) is 6.92 Å². The van der Waals surface area contributed by atoms with Crippen LogP contribution in [-0.4, -0.2) is 49.6 Å². The molecule has 84 valence electrons. The fourth-order valence-electron chi connectivity index (χ4n) is 0.387. The van der Waals surface area contributed by atoms with E-state index in [2.05, 4.69) is 10.6 Å². The van der Waals surface area contributed by atoms with Gasteiger partial charge < -0.3 is 20.8 Å². The molecule has 0 bridgehead atoms. The van der Waals surface area contributed by atoms with Crippen LogP contribution in [0.1, 0.15) is 21.3 Å². The summed E-state index contributed by atoms with van der Waals surface area (Å²) < 4.78 is 0. The van der Waals surface area contributed by atoms with Crippen LogP contribution >= 0.6 is 0 Å². The highest BCUT2D eigenvalue weighted by molar-refractivity contribution is 4.49. The molecular formula is C9H26N2O2. The van der Waals surface area contributed by atoms with Crippen molar-refractivity contribution < 1.29 is 10.2 Å². The van der Waals surface area contributed by atoms with Gasteiger partial charge in [-0.15, -0.1) is 0 Å². The van der Waals surface area contributed by atoms with Crippen LogP contribution in [0.4, 0.5) is 0 Å². The van der Waals surface area contributed by atoms with Gasteiger partial charge in [-0.05, 0) is 27.9 Å². The van der Waals surface area contributed by atoms with Crippen molar-refractivity contribution >= 4 is 0 Å². The van der Waals surface area contributed by atoms with Gasteiger partial charge in [-0.3, -0.25) is 0 Å². The molecule has 0 heterocycles. The van der Waals surface area contributed by atoms with Crippen LogP contribution in [0.25, 0.3) is 0 Å². The Hall–Kier alpha value is -0.160. The van der Waals surface area contributed by atoms with Crippen molar-refractivity contribution in [3.05, 3.63) is 0 Å². The molecule has 0 spiro atoms. The highest BCUT2D eigenvalue weighted by atomic mass is 16.3. The minimum Gasteiger partial charge on any atom is -0.395 e. The average molecular weight is 194 g/mol. The monoisotopic (exact) mass is 194 g/mol. The molecule has 2 atom stereocenters. The van der Waals surface area contributed by atoms with E-state index in [-0.39, 0.29) is 26.2 Å². The van der Waals surface area contributed by atoms with E-state index in [1.165, 1.54) is 0 Å². The largest absolute Gasteiger partial charge is 0.395 e. The van der Waals surface area contributed by atoms with Crippen molar-refractivity contribution in [1.82, 2.24) is 10.6 Å². The zero-order valence-corrected chi connectivity index (χ0v) is 8.46. The van der Waals surface area contributed by atoms with E-state index in [9.17, 15) is 0 Å². The highest BCUT2D eigenvalue weighted by Crippen LogP contribution is 1.70. The molecule has 0 rings (SSSR count). The van der Waals surface area contributed by atoms with Gasteiger partial charge in [0.2, 0.25) is 0 Å². The Balaban J connectivity index is -0.000000143. The fraction of sp³-hybridized carbons (Fsp3) is 1.00. The highest BCUT2D eigenvalue weighted by Gasteiger charge is 1.88. The molecule has 0 aliphatic carbocycles. The maximum absolute atomic E-state index is 8.49. The third kappa shape index (κ3) is 24.5. The minimum absolute atomic E-state index is 0. The molecule has 0 aromatic carbocycles. The Morgan fingerprint density at radius 1 is 1.23 bits per heavy atom. The van der Waals surface area contributed by atoms with Crippen molar-refractivity contribution in [3.63, 3.8) is 0 Å². The summed E-state index contributed by atoms with van der Waals surface area (Å²) in [5.74, 6) is 0. The van der Waals surface area contributed by atoms with Crippen LogP contribution in [0, 0.1) is 0 Å². The zero-order valence-electron chi connectivity index (χ0n) is 8.46. The first kappa shape index (κ1) is 18.6. The predicted octanol–water partition coefficient (Wildman–Crippen LogP) is -0.191. The van der Waals surface area contributed by atoms with E-state index < -0.39 is 0 Å². The van der Waals surface area contributed by atoms with Crippen molar-refractivity contribution in [1.29, 1.82) is 0 Å². The molecule has 0 radical (unpaired) electrons. The number of nitrogens with one attached hydrogen (secondary N) is 2. The van der Waals surface area contributed by atoms with Crippen LogP contribution in [0.15, 0.2) is 0 Å². The standard InChI is InChI=1S/2C4H11NO.CH4/c1-4(3-6)5-2;1-4(6)3-5-2;/h2*4-6H,3H2,1-2H3;1H4. The second-order valence-corrected chi connectivity index (χ2v) is 2.78. The minimum atomic E-state index is -0.213. The smallest absolute Gasteiger partial charge is 0.0636 e. The molecule has 13 heavy (non-hydrogen) atoms. The summed E-state index contributed by atoms with van der Waals surface area (Å²) in [6, 6.07) is 0.241. The molecule has 0 fully saturated rings. The molecule has 2 unspecified atom stereocenters. The van der Waals surface area contributed by atoms with Crippen LogP contribution in [0.2, 0.25) is 0 Å². The Kier molecular flexibility index (Phi) is 20.5. The third-order valence-corrected chi connectivity index (χ3v) is 1.27. The van der Waals surface area contributed by atoms with Gasteiger partial charge in [0.1, 0.15) is 0 Å². The summed E-state index contributed by atoms with van der Waals surface area (Å²) in [5, 5.41) is 22.4. The fourth-order valence-corrected chi connectivity index (χ4v) is 0.387. The third-order valence-electron chi connectivity index (χ3n) is 1.27. The van der Waals surface area contributed by atoms with Gasteiger partial charge >= 0.3 is 0 Å². The lowest BCUT2D eigenvalue weighted by Gasteiger charge is -2.01. The lowest BCUT2D eigenvalue weighted by Crippen LogP contribution is -2.24. The summed E-state index contributed by atoms with van der Waals surface area (Å²) in [5.41, 5.74) is 0. The van der Waals surface area contributed by atoms with Crippen LogP contribution in [0.3, 0.4) is 0 Å². The van der Waals surface area contributed by atoms with Crippen molar-refractivity contribution in [2.24, 2.45) is 0 Å². The average Bonchev–Trinajstić information content (AvgIpc) is 2.04. The SMILES string of the molecule is C.CNC(C)CO.CNCC(C)O. The molecule has 0 saturated carbocycles. The molecule has 4 heteroatoms. The Morgan fingerprint density at radius 2 is 1.69 bits per heavy atom. The summed E-state index contributed by atoms with van der Waals surface area (Å²) in [6.45, 7) is 4.56. The molecule has 0 amide bonds. The molecule has 0 aliphatic heterocycles. The second-order valence-electron chi connectivity index (χ2n) is 2.78. The Bertz CT molecular complexity index is 76.0. The van der Waals surface area contributed by atoms with Gasteiger partial charge in [0.25, 0.3) is 0 Å². The van der Waals surface area contributed by atoms with Crippen LogP contribution < -0.4 is 10.6 Å². The Morgan fingerprint density at radius 3 is 1.69 bits per heavy atom. The van der Waals surface area contributed by atoms with Crippen LogP contribution in [-0.2, 0) is 0 Å². The maximum atomic E-state index is 8.49. The number of rotatable bonds is 4. The first-order valence-corrected chi connectivity index (χ1v) is 4.19. The lowest BCUT2D eigenvalue weighted by molar-refractivity contribution is 0.194. The molecule has 0 aromatic heterocycles. The number of aliphatic hydroxyl groups is 2. The number of likely N-dealkylation sites (N-methyl/N-ethyl adjacent to an activating group) is 2. The maximum Gasteiger partial charge on any atom is 0.0636 e. The van der Waals surface area contributed by atoms with E-state index in [0.717, 1.165) is 0 Å². The van der Waals surface area contributed by atoms with Gasteiger partial charge in [0.05, 0.1) is 12.7 Å². The molecule has 0 aliphatic rings. The topological polar surface area (TPSA) is 64.5 Å². The molecular weight excluding hydrogens is 168 g/mol. The van der Waals surface area contributed by atoms with Gasteiger partial charge in [-0.2, -0.15) is 0 Å². The number of hydrogen-bond acceptors (Lipinski definition) is 4. The first-order chi connectivity index (χ1) is 5.58. The van der Waals surface area contributed by atoms with E-state index in [0.29, 0.717) is 6.54 Å². The number of hydrogen-bond donors (Lipinski definition) is 4. The second kappa shape index (κ2) is 14.4.